The van der Waals surface area contributed by atoms with Gasteiger partial charge in [0.15, 0.2) is 11.5 Å². The molecule has 31 heavy (non-hydrogen) atoms. The molecule has 1 aromatic heterocycles. The molecule has 3 heterocycles. The fourth-order valence-corrected chi connectivity index (χ4v) is 4.16. The summed E-state index contributed by atoms with van der Waals surface area (Å²) in [6.07, 6.45) is 2.09. The Hall–Kier alpha value is -3.10. The van der Waals surface area contributed by atoms with Gasteiger partial charge in [-0.05, 0) is 24.6 Å². The summed E-state index contributed by atoms with van der Waals surface area (Å²) in [5.74, 6) is -0.999. The number of carbonyl (C=O) groups is 2. The normalized spacial score (nSPS) is 19.8. The summed E-state index contributed by atoms with van der Waals surface area (Å²) < 4.78 is 16.1. The number of benzene rings is 1. The minimum atomic E-state index is -0.758. The number of furan rings is 1. The summed E-state index contributed by atoms with van der Waals surface area (Å²) in [6, 6.07) is 9.58. The Morgan fingerprint density at radius 3 is 2.65 bits per heavy atom. The number of methoxy groups -OCH3 is 1. The first-order valence-electron chi connectivity index (χ1n) is 10.4. The zero-order chi connectivity index (χ0) is 21.8. The molecule has 8 nitrogen and oxygen atoms in total. The number of carbonyl (C=O) groups excluding carboxylic acids is 2. The maximum atomic E-state index is 13.2. The molecule has 1 fully saturated rings. The molecule has 164 valence electrons. The molecule has 2 aromatic rings. The Kier molecular flexibility index (Phi) is 6.39. The van der Waals surface area contributed by atoms with E-state index >= 15 is 0 Å². The summed E-state index contributed by atoms with van der Waals surface area (Å²) in [5, 5.41) is 10.7. The number of aliphatic hydroxyl groups excluding tert-OH is 1. The average Bonchev–Trinajstić information content (AvgIpc) is 3.42. The Balaban J connectivity index is 1.63. The fraction of sp³-hybridized carbons (Fsp3) is 0.391. The highest BCUT2D eigenvalue weighted by atomic mass is 16.5. The molecular formula is C23H26N2O6. The summed E-state index contributed by atoms with van der Waals surface area (Å²) in [6.45, 7) is 4.31. The third kappa shape index (κ3) is 4.22. The predicted octanol–water partition coefficient (Wildman–Crippen LogP) is 2.59. The summed E-state index contributed by atoms with van der Waals surface area (Å²) in [7, 11) is 1.54. The molecule has 8 heteroatoms. The van der Waals surface area contributed by atoms with Gasteiger partial charge in [0.1, 0.15) is 5.75 Å². The van der Waals surface area contributed by atoms with Gasteiger partial charge in [0.05, 0.1) is 38.2 Å². The van der Waals surface area contributed by atoms with E-state index in [1.165, 1.54) is 19.4 Å². The van der Waals surface area contributed by atoms with Crippen LogP contribution in [0.5, 0.6) is 5.75 Å². The van der Waals surface area contributed by atoms with Gasteiger partial charge in [-0.15, -0.1) is 0 Å². The van der Waals surface area contributed by atoms with E-state index in [-0.39, 0.29) is 11.3 Å². The van der Waals surface area contributed by atoms with E-state index in [4.69, 9.17) is 13.9 Å². The van der Waals surface area contributed by atoms with Crippen LogP contribution in [0.4, 0.5) is 0 Å². The lowest BCUT2D eigenvalue weighted by Gasteiger charge is -2.30. The largest absolute Gasteiger partial charge is 0.503 e. The van der Waals surface area contributed by atoms with Crippen LogP contribution in [-0.4, -0.2) is 73.1 Å². The van der Waals surface area contributed by atoms with E-state index < -0.39 is 23.5 Å². The Labute approximate surface area is 180 Å². The first-order valence-corrected chi connectivity index (χ1v) is 10.4. The number of morpholine rings is 1. The number of Topliss-reactive ketones (excluding diaryl/α,β-unsaturated/α-hetero) is 1. The van der Waals surface area contributed by atoms with Gasteiger partial charge in [-0.25, -0.2) is 0 Å². The maximum Gasteiger partial charge on any atom is 0.290 e. The molecule has 0 spiro atoms. The lowest BCUT2D eigenvalue weighted by Crippen LogP contribution is -2.39. The molecule has 0 bridgehead atoms. The number of aliphatic hydroxyl groups is 1. The van der Waals surface area contributed by atoms with Gasteiger partial charge in [-0.2, -0.15) is 0 Å². The third-order valence-corrected chi connectivity index (χ3v) is 5.70. The van der Waals surface area contributed by atoms with Gasteiger partial charge < -0.3 is 23.9 Å². The van der Waals surface area contributed by atoms with Crippen molar-refractivity contribution in [1.82, 2.24) is 9.80 Å². The molecule has 1 N–H and O–H groups in total. The zero-order valence-electron chi connectivity index (χ0n) is 17.5. The van der Waals surface area contributed by atoms with Crippen LogP contribution >= 0.6 is 0 Å². The second-order valence-electron chi connectivity index (χ2n) is 7.52. The highest BCUT2D eigenvalue weighted by molar-refractivity contribution is 6.15. The maximum absolute atomic E-state index is 13.2. The molecule has 1 saturated heterocycles. The van der Waals surface area contributed by atoms with Crippen molar-refractivity contribution in [2.24, 2.45) is 0 Å². The number of para-hydroxylation sites is 1. The van der Waals surface area contributed by atoms with Crippen LogP contribution in [0.3, 0.4) is 0 Å². The van der Waals surface area contributed by atoms with Gasteiger partial charge in [0, 0.05) is 31.7 Å². The van der Waals surface area contributed by atoms with Crippen LogP contribution in [-0.2, 0) is 9.53 Å². The van der Waals surface area contributed by atoms with E-state index in [0.29, 0.717) is 37.5 Å². The van der Waals surface area contributed by atoms with E-state index in [9.17, 15) is 14.7 Å². The van der Waals surface area contributed by atoms with Crippen molar-refractivity contribution in [2.45, 2.75) is 12.5 Å². The van der Waals surface area contributed by atoms with Crippen LogP contribution in [0.15, 0.2) is 58.4 Å². The second-order valence-corrected chi connectivity index (χ2v) is 7.52. The third-order valence-electron chi connectivity index (χ3n) is 5.70. The quantitative estimate of drug-likeness (QED) is 0.649. The fourth-order valence-electron chi connectivity index (χ4n) is 4.16. The van der Waals surface area contributed by atoms with Gasteiger partial charge in [0.25, 0.3) is 5.91 Å². The molecule has 0 unspecified atom stereocenters. The average molecular weight is 426 g/mol. The van der Waals surface area contributed by atoms with Crippen molar-refractivity contribution in [2.75, 3.05) is 46.5 Å². The van der Waals surface area contributed by atoms with Crippen molar-refractivity contribution in [3.63, 3.8) is 0 Å². The Bertz CT molecular complexity index is 962. The smallest absolute Gasteiger partial charge is 0.290 e. The molecule has 0 aliphatic carbocycles. The molecule has 0 radical (unpaired) electrons. The lowest BCUT2D eigenvalue weighted by molar-refractivity contribution is -0.129. The molecule has 0 saturated carbocycles. The van der Waals surface area contributed by atoms with Crippen LogP contribution in [0.25, 0.3) is 0 Å². The number of hydrogen-bond donors (Lipinski definition) is 1. The van der Waals surface area contributed by atoms with Crippen molar-refractivity contribution in [3.8, 4) is 5.75 Å². The monoisotopic (exact) mass is 426 g/mol. The highest BCUT2D eigenvalue weighted by Gasteiger charge is 2.45. The van der Waals surface area contributed by atoms with Crippen molar-refractivity contribution in [3.05, 3.63) is 65.3 Å². The molecule has 2 aliphatic heterocycles. The number of hydrogen-bond acceptors (Lipinski definition) is 7. The van der Waals surface area contributed by atoms with Crippen LogP contribution < -0.4 is 4.74 Å². The SMILES string of the molecule is COc1ccccc1[C@@H]1C(C(=O)c2ccco2)=C(O)C(=O)N1CCCN1CCOCC1. The Morgan fingerprint density at radius 1 is 1.16 bits per heavy atom. The Morgan fingerprint density at radius 2 is 1.94 bits per heavy atom. The number of amides is 1. The minimum Gasteiger partial charge on any atom is -0.503 e. The van der Waals surface area contributed by atoms with Gasteiger partial charge in [0.2, 0.25) is 5.78 Å². The predicted molar refractivity (Wildman–Crippen MR) is 112 cm³/mol. The zero-order valence-corrected chi connectivity index (χ0v) is 17.5. The van der Waals surface area contributed by atoms with Crippen molar-refractivity contribution in [1.29, 1.82) is 0 Å². The highest BCUT2D eigenvalue weighted by Crippen LogP contribution is 2.42. The van der Waals surface area contributed by atoms with Crippen LogP contribution in [0, 0.1) is 0 Å². The molecule has 2 aliphatic rings. The first kappa shape index (κ1) is 21.1. The summed E-state index contributed by atoms with van der Waals surface area (Å²) in [5.41, 5.74) is 0.652. The van der Waals surface area contributed by atoms with Gasteiger partial charge >= 0.3 is 0 Å². The molecule has 4 rings (SSSR count). The minimum absolute atomic E-state index is 0.0100. The molecular weight excluding hydrogens is 400 g/mol. The number of ketones is 1. The summed E-state index contributed by atoms with van der Waals surface area (Å²) in [4.78, 5) is 30.0. The second kappa shape index (κ2) is 9.36. The molecule has 1 aromatic carbocycles. The van der Waals surface area contributed by atoms with E-state index in [1.54, 1.807) is 23.1 Å². The van der Waals surface area contributed by atoms with E-state index in [1.807, 2.05) is 12.1 Å². The first-order chi connectivity index (χ1) is 15.1. The van der Waals surface area contributed by atoms with Crippen molar-refractivity contribution < 1.29 is 28.6 Å². The number of nitrogens with zero attached hydrogens (tertiary/aromatic N) is 2. The van der Waals surface area contributed by atoms with Gasteiger partial charge in [-0.1, -0.05) is 18.2 Å². The lowest BCUT2D eigenvalue weighted by atomic mass is 9.94. The molecule has 1 atom stereocenters. The van der Waals surface area contributed by atoms with Gasteiger partial charge in [-0.3, -0.25) is 14.5 Å². The molecule has 1 amide bonds. The summed E-state index contributed by atoms with van der Waals surface area (Å²) >= 11 is 0. The van der Waals surface area contributed by atoms with Crippen LogP contribution in [0.2, 0.25) is 0 Å². The topological polar surface area (TPSA) is 92.5 Å². The van der Waals surface area contributed by atoms with Crippen molar-refractivity contribution >= 4 is 11.7 Å². The number of rotatable bonds is 8. The van der Waals surface area contributed by atoms with E-state index in [2.05, 4.69) is 4.90 Å². The van der Waals surface area contributed by atoms with Crippen LogP contribution in [0.1, 0.15) is 28.6 Å². The van der Waals surface area contributed by atoms with E-state index in [0.717, 1.165) is 19.6 Å². The standard InChI is InChI=1S/C23H26N2O6/c1-29-17-7-3-2-6-16(17)20-19(21(26)18-8-4-13-31-18)22(27)23(28)25(20)10-5-9-24-11-14-30-15-12-24/h2-4,6-8,13,20,27H,5,9-12,14-15H2,1H3/t20-/m1/s1. The number of ether oxygens (including phenoxy) is 2.